The van der Waals surface area contributed by atoms with Gasteiger partial charge in [0.2, 0.25) is 11.8 Å². The smallest absolute Gasteiger partial charge is 0.233 e. The first-order valence-corrected chi connectivity index (χ1v) is 12.0. The number of aliphatic hydroxyl groups is 1. The number of carbonyl (C=O) groups excluding carboxylic acids is 2. The number of carbonyl (C=O) groups is 2. The van der Waals surface area contributed by atoms with Gasteiger partial charge in [-0.3, -0.25) is 14.5 Å². The van der Waals surface area contributed by atoms with E-state index >= 15 is 0 Å². The van der Waals surface area contributed by atoms with E-state index in [1.54, 1.807) is 6.07 Å². The predicted octanol–water partition coefficient (Wildman–Crippen LogP) is 3.91. The van der Waals surface area contributed by atoms with Crippen LogP contribution in [-0.4, -0.2) is 38.8 Å². The fraction of sp³-hybridized carbons (Fsp3) is 0.680. The molecule has 0 unspecified atom stereocenters. The van der Waals surface area contributed by atoms with Crippen LogP contribution in [0.4, 0.5) is 4.39 Å². The number of fused-ring (bicyclic) bond motifs is 3. The lowest BCUT2D eigenvalue weighted by molar-refractivity contribution is -0.276. The Morgan fingerprint density at radius 1 is 1.12 bits per heavy atom. The Morgan fingerprint density at radius 2 is 1.84 bits per heavy atom. The first kappa shape index (κ1) is 21.8. The standard InChI is InChI=1S/C25H32FNO5/c1-13(2)17-11-16-22(24(30)27(23(16)29)15-6-4-3-5-7-15)18-12-21(32-25(17,18)31)14-8-9-20(28)19(26)10-14/h8-10,13,15-18,21-22,28,31H,3-7,11-12H2,1-2H3/t16-,17+,18-,21-,22-,25+/m0/s1. The summed E-state index contributed by atoms with van der Waals surface area (Å²) in [7, 11) is 0. The second-order valence-electron chi connectivity index (χ2n) is 10.5. The molecule has 6 nitrogen and oxygen atoms in total. The molecule has 2 N–H and O–H groups in total. The predicted molar refractivity (Wildman–Crippen MR) is 114 cm³/mol. The molecule has 174 valence electrons. The van der Waals surface area contributed by atoms with E-state index in [1.165, 1.54) is 17.0 Å². The van der Waals surface area contributed by atoms with Crippen molar-refractivity contribution in [1.29, 1.82) is 0 Å². The van der Waals surface area contributed by atoms with E-state index in [9.17, 15) is 24.2 Å². The number of aromatic hydroxyl groups is 1. The van der Waals surface area contributed by atoms with Crippen molar-refractivity contribution in [2.75, 3.05) is 0 Å². The van der Waals surface area contributed by atoms with Gasteiger partial charge in [-0.1, -0.05) is 39.2 Å². The molecule has 2 heterocycles. The monoisotopic (exact) mass is 445 g/mol. The number of nitrogens with zero attached hydrogens (tertiary/aromatic N) is 1. The first-order valence-electron chi connectivity index (χ1n) is 12.0. The van der Waals surface area contributed by atoms with Crippen LogP contribution in [0.5, 0.6) is 5.75 Å². The van der Waals surface area contributed by atoms with E-state index in [2.05, 4.69) is 0 Å². The molecule has 6 atom stereocenters. The summed E-state index contributed by atoms with van der Waals surface area (Å²) in [5, 5.41) is 21.3. The highest BCUT2D eigenvalue weighted by molar-refractivity contribution is 6.05. The van der Waals surface area contributed by atoms with E-state index in [0.29, 0.717) is 18.4 Å². The Hall–Kier alpha value is -1.99. The van der Waals surface area contributed by atoms with E-state index in [0.717, 1.165) is 32.1 Å². The van der Waals surface area contributed by atoms with Gasteiger partial charge >= 0.3 is 0 Å². The summed E-state index contributed by atoms with van der Waals surface area (Å²) in [5.74, 6) is -4.80. The van der Waals surface area contributed by atoms with Crippen molar-refractivity contribution in [3.8, 4) is 5.75 Å². The van der Waals surface area contributed by atoms with E-state index in [1.807, 2.05) is 13.8 Å². The lowest BCUT2D eigenvalue weighted by Crippen LogP contribution is -2.55. The van der Waals surface area contributed by atoms with Crippen LogP contribution in [0, 0.1) is 35.4 Å². The zero-order chi connectivity index (χ0) is 22.8. The lowest BCUT2D eigenvalue weighted by atomic mass is 9.62. The maximum Gasteiger partial charge on any atom is 0.233 e. The minimum absolute atomic E-state index is 0.0377. The SMILES string of the molecule is CC(C)[C@H]1C[C@@H]2C(=O)N(C3CCCCC3)C(=O)[C@@H]2[C@@H]2C[C@@H](c3ccc(O)c(F)c3)O[C@]12O. The molecule has 1 aromatic carbocycles. The molecule has 2 saturated carbocycles. The Morgan fingerprint density at radius 3 is 2.50 bits per heavy atom. The number of hydrogen-bond acceptors (Lipinski definition) is 5. The maximum absolute atomic E-state index is 14.0. The fourth-order valence-electron chi connectivity index (χ4n) is 6.82. The minimum atomic E-state index is -1.55. The van der Waals surface area contributed by atoms with Crippen LogP contribution in [0.1, 0.15) is 70.5 Å². The molecule has 0 radical (unpaired) electrons. The average molecular weight is 446 g/mol. The van der Waals surface area contributed by atoms with Crippen molar-refractivity contribution < 1.29 is 28.9 Å². The molecule has 2 saturated heterocycles. The van der Waals surface area contributed by atoms with Gasteiger partial charge in [0.05, 0.1) is 17.9 Å². The topological polar surface area (TPSA) is 87.1 Å². The summed E-state index contributed by atoms with van der Waals surface area (Å²) in [6.45, 7) is 3.99. The molecule has 0 spiro atoms. The highest BCUT2D eigenvalue weighted by Gasteiger charge is 2.67. The van der Waals surface area contributed by atoms with Gasteiger partial charge in [0.15, 0.2) is 17.4 Å². The molecule has 7 heteroatoms. The summed E-state index contributed by atoms with van der Waals surface area (Å²) >= 11 is 0. The minimum Gasteiger partial charge on any atom is -0.505 e. The van der Waals surface area contributed by atoms with Crippen LogP contribution in [-0.2, 0) is 14.3 Å². The van der Waals surface area contributed by atoms with Crippen molar-refractivity contribution in [3.05, 3.63) is 29.6 Å². The number of ether oxygens (including phenoxy) is 1. The summed E-state index contributed by atoms with van der Waals surface area (Å²) < 4.78 is 20.2. The summed E-state index contributed by atoms with van der Waals surface area (Å²) in [6, 6.07) is 4.04. The van der Waals surface area contributed by atoms with Crippen LogP contribution in [0.15, 0.2) is 18.2 Å². The number of phenols is 1. The molecule has 4 aliphatic rings. The fourth-order valence-corrected chi connectivity index (χ4v) is 6.82. The van der Waals surface area contributed by atoms with Gasteiger partial charge in [0, 0.05) is 17.9 Å². The van der Waals surface area contributed by atoms with Gasteiger partial charge in [-0.2, -0.15) is 0 Å². The molecule has 4 fully saturated rings. The third-order valence-electron chi connectivity index (χ3n) is 8.40. The van der Waals surface area contributed by atoms with Crippen LogP contribution in [0.2, 0.25) is 0 Å². The van der Waals surface area contributed by atoms with Crippen LogP contribution >= 0.6 is 0 Å². The van der Waals surface area contributed by atoms with Gasteiger partial charge in [-0.05, 0) is 49.3 Å². The van der Waals surface area contributed by atoms with E-state index in [-0.39, 0.29) is 29.7 Å². The summed E-state index contributed by atoms with van der Waals surface area (Å²) in [6.07, 6.45) is 5.04. The molecule has 0 aromatic heterocycles. The molecule has 0 bridgehead atoms. The van der Waals surface area contributed by atoms with E-state index in [4.69, 9.17) is 4.74 Å². The quantitative estimate of drug-likeness (QED) is 0.689. The van der Waals surface area contributed by atoms with E-state index < -0.39 is 41.2 Å². The third kappa shape index (κ3) is 3.19. The highest BCUT2D eigenvalue weighted by atomic mass is 19.1. The number of phenolic OH excluding ortho intramolecular Hbond substituents is 1. The van der Waals surface area contributed by atoms with Crippen molar-refractivity contribution in [3.63, 3.8) is 0 Å². The molecule has 2 amide bonds. The molecule has 2 aliphatic carbocycles. The van der Waals surface area contributed by atoms with Crippen molar-refractivity contribution in [2.45, 2.75) is 76.7 Å². The number of halogens is 1. The molecule has 32 heavy (non-hydrogen) atoms. The lowest BCUT2D eigenvalue weighted by Gasteiger charge is -2.46. The first-order chi connectivity index (χ1) is 15.2. The second-order valence-corrected chi connectivity index (χ2v) is 10.5. The number of hydrogen-bond donors (Lipinski definition) is 2. The number of rotatable bonds is 3. The zero-order valence-corrected chi connectivity index (χ0v) is 18.7. The van der Waals surface area contributed by atoms with Crippen molar-refractivity contribution in [2.24, 2.45) is 29.6 Å². The maximum atomic E-state index is 14.0. The zero-order valence-electron chi connectivity index (χ0n) is 18.7. The molecule has 1 aromatic rings. The van der Waals surface area contributed by atoms with Crippen LogP contribution in [0.25, 0.3) is 0 Å². The number of likely N-dealkylation sites (tertiary alicyclic amines) is 1. The second kappa shape index (κ2) is 7.80. The molecule has 5 rings (SSSR count). The normalized spacial score (nSPS) is 37.8. The number of imide groups is 1. The Labute approximate surface area is 187 Å². The molecular weight excluding hydrogens is 413 g/mol. The van der Waals surface area contributed by atoms with Crippen LogP contribution < -0.4 is 0 Å². The summed E-state index contributed by atoms with van der Waals surface area (Å²) in [4.78, 5) is 28.6. The number of amides is 2. The van der Waals surface area contributed by atoms with Gasteiger partial charge in [-0.25, -0.2) is 4.39 Å². The Balaban J connectivity index is 1.50. The average Bonchev–Trinajstić information content (AvgIpc) is 3.24. The van der Waals surface area contributed by atoms with Gasteiger partial charge in [0.25, 0.3) is 0 Å². The summed E-state index contributed by atoms with van der Waals surface area (Å²) in [5.41, 5.74) is 0.517. The Bertz CT molecular complexity index is 929. The highest BCUT2D eigenvalue weighted by Crippen LogP contribution is 2.60. The molecule has 2 aliphatic heterocycles. The number of benzene rings is 1. The van der Waals surface area contributed by atoms with Gasteiger partial charge in [-0.15, -0.1) is 0 Å². The van der Waals surface area contributed by atoms with Crippen LogP contribution in [0.3, 0.4) is 0 Å². The van der Waals surface area contributed by atoms with Crippen molar-refractivity contribution in [1.82, 2.24) is 4.90 Å². The van der Waals surface area contributed by atoms with Crippen molar-refractivity contribution >= 4 is 11.8 Å². The Kier molecular flexibility index (Phi) is 5.32. The molecular formula is C25H32FNO5. The largest absolute Gasteiger partial charge is 0.505 e. The van der Waals surface area contributed by atoms with Gasteiger partial charge in [0.1, 0.15) is 0 Å². The third-order valence-corrected chi connectivity index (χ3v) is 8.40. The van der Waals surface area contributed by atoms with Gasteiger partial charge < -0.3 is 14.9 Å².